The Bertz CT molecular complexity index is 494. The molecule has 1 aliphatic rings. The standard InChI is InChI=1S/C17H23NO3/c1-17(16(20)21,13-8-4-2-5-9-13)12-15(19)18-14-10-6-3-7-11-14/h2,4-5,8-9,14H,3,6-7,10-12H2,1H3,(H,18,19)(H,20,21)/t17-/m0/s1. The van der Waals surface area contributed by atoms with Crippen LogP contribution in [-0.4, -0.2) is 23.0 Å². The van der Waals surface area contributed by atoms with Gasteiger partial charge in [-0.05, 0) is 25.3 Å². The third-order valence-electron chi connectivity index (χ3n) is 4.37. The summed E-state index contributed by atoms with van der Waals surface area (Å²) in [5.74, 6) is -1.14. The molecule has 4 heteroatoms. The first kappa shape index (κ1) is 15.5. The molecule has 1 aromatic rings. The summed E-state index contributed by atoms with van der Waals surface area (Å²) in [5.41, 5.74) is -0.517. The summed E-state index contributed by atoms with van der Waals surface area (Å²) in [7, 11) is 0. The van der Waals surface area contributed by atoms with Crippen LogP contribution in [0.4, 0.5) is 0 Å². The molecular formula is C17H23NO3. The summed E-state index contributed by atoms with van der Waals surface area (Å²) in [6.45, 7) is 1.62. The van der Waals surface area contributed by atoms with Crippen molar-refractivity contribution >= 4 is 11.9 Å². The Morgan fingerprint density at radius 2 is 1.81 bits per heavy atom. The molecule has 0 aromatic heterocycles. The summed E-state index contributed by atoms with van der Waals surface area (Å²) in [4.78, 5) is 23.9. The van der Waals surface area contributed by atoms with Crippen LogP contribution in [0.3, 0.4) is 0 Å². The Labute approximate surface area is 125 Å². The number of aliphatic carboxylic acids is 1. The van der Waals surface area contributed by atoms with E-state index in [1.807, 2.05) is 6.07 Å². The molecule has 1 aliphatic carbocycles. The number of carbonyl (C=O) groups is 2. The summed E-state index contributed by atoms with van der Waals surface area (Å²) in [5, 5.41) is 12.6. The number of carboxylic acid groups (broad SMARTS) is 1. The second kappa shape index (κ2) is 6.74. The van der Waals surface area contributed by atoms with E-state index < -0.39 is 11.4 Å². The van der Waals surface area contributed by atoms with Crippen LogP contribution in [-0.2, 0) is 15.0 Å². The highest BCUT2D eigenvalue weighted by Gasteiger charge is 2.37. The number of rotatable bonds is 5. The predicted octanol–water partition coefficient (Wildman–Crippen LogP) is 2.87. The van der Waals surface area contributed by atoms with Crippen molar-refractivity contribution in [3.8, 4) is 0 Å². The van der Waals surface area contributed by atoms with Gasteiger partial charge in [0.1, 0.15) is 0 Å². The summed E-state index contributed by atoms with van der Waals surface area (Å²) >= 11 is 0. The number of carbonyl (C=O) groups excluding carboxylic acids is 1. The SMILES string of the molecule is C[C@@](CC(=O)NC1CCCCC1)(C(=O)O)c1ccccc1. The molecular weight excluding hydrogens is 266 g/mol. The van der Waals surface area contributed by atoms with Gasteiger partial charge in [-0.15, -0.1) is 0 Å². The van der Waals surface area contributed by atoms with E-state index >= 15 is 0 Å². The third kappa shape index (κ3) is 3.84. The molecule has 1 amide bonds. The number of benzene rings is 1. The molecule has 0 bridgehead atoms. The predicted molar refractivity (Wildman–Crippen MR) is 81.1 cm³/mol. The number of hydrogen-bond donors (Lipinski definition) is 2. The van der Waals surface area contributed by atoms with Crippen molar-refractivity contribution in [1.82, 2.24) is 5.32 Å². The van der Waals surface area contributed by atoms with E-state index in [-0.39, 0.29) is 18.4 Å². The van der Waals surface area contributed by atoms with Gasteiger partial charge in [0.2, 0.25) is 5.91 Å². The molecule has 21 heavy (non-hydrogen) atoms. The van der Waals surface area contributed by atoms with Gasteiger partial charge in [-0.1, -0.05) is 49.6 Å². The second-order valence-corrected chi connectivity index (χ2v) is 6.08. The zero-order valence-corrected chi connectivity index (χ0v) is 12.5. The first-order valence-corrected chi connectivity index (χ1v) is 7.60. The lowest BCUT2D eigenvalue weighted by molar-refractivity contribution is -0.145. The summed E-state index contributed by atoms with van der Waals surface area (Å²) in [6.07, 6.45) is 5.48. The summed E-state index contributed by atoms with van der Waals surface area (Å²) < 4.78 is 0. The van der Waals surface area contributed by atoms with Crippen LogP contribution < -0.4 is 5.32 Å². The molecule has 0 saturated heterocycles. The lowest BCUT2D eigenvalue weighted by Gasteiger charge is -2.27. The quantitative estimate of drug-likeness (QED) is 0.876. The van der Waals surface area contributed by atoms with Gasteiger partial charge in [-0.25, -0.2) is 0 Å². The highest BCUT2D eigenvalue weighted by molar-refractivity contribution is 5.89. The lowest BCUT2D eigenvalue weighted by Crippen LogP contribution is -2.42. The molecule has 0 heterocycles. The second-order valence-electron chi connectivity index (χ2n) is 6.08. The molecule has 1 aromatic carbocycles. The third-order valence-corrected chi connectivity index (χ3v) is 4.37. The van der Waals surface area contributed by atoms with Gasteiger partial charge in [0.05, 0.1) is 5.41 Å². The largest absolute Gasteiger partial charge is 0.481 e. The molecule has 4 nitrogen and oxygen atoms in total. The molecule has 1 fully saturated rings. The van der Waals surface area contributed by atoms with Crippen molar-refractivity contribution in [2.75, 3.05) is 0 Å². The molecule has 1 atom stereocenters. The fourth-order valence-electron chi connectivity index (χ4n) is 2.95. The molecule has 0 spiro atoms. The zero-order chi connectivity index (χ0) is 15.3. The highest BCUT2D eigenvalue weighted by atomic mass is 16.4. The van der Waals surface area contributed by atoms with Crippen molar-refractivity contribution < 1.29 is 14.7 Å². The highest BCUT2D eigenvalue weighted by Crippen LogP contribution is 2.28. The monoisotopic (exact) mass is 289 g/mol. The Hall–Kier alpha value is -1.84. The number of carboxylic acids is 1. The van der Waals surface area contributed by atoms with Gasteiger partial charge in [-0.2, -0.15) is 0 Å². The van der Waals surface area contributed by atoms with Gasteiger partial charge in [0, 0.05) is 12.5 Å². The Kier molecular flexibility index (Phi) is 4.99. The van der Waals surface area contributed by atoms with E-state index in [1.165, 1.54) is 6.42 Å². The fourth-order valence-corrected chi connectivity index (χ4v) is 2.95. The van der Waals surface area contributed by atoms with Crippen LogP contribution >= 0.6 is 0 Å². The van der Waals surface area contributed by atoms with Gasteiger partial charge >= 0.3 is 5.97 Å². The van der Waals surface area contributed by atoms with Crippen molar-refractivity contribution in [2.45, 2.75) is 56.9 Å². The maximum absolute atomic E-state index is 12.2. The van der Waals surface area contributed by atoms with E-state index in [0.29, 0.717) is 5.56 Å². The fraction of sp³-hybridized carbons (Fsp3) is 0.529. The van der Waals surface area contributed by atoms with E-state index in [0.717, 1.165) is 25.7 Å². The first-order valence-electron chi connectivity index (χ1n) is 7.60. The van der Waals surface area contributed by atoms with Crippen molar-refractivity contribution in [3.05, 3.63) is 35.9 Å². The van der Waals surface area contributed by atoms with Crippen LogP contribution in [0.5, 0.6) is 0 Å². The van der Waals surface area contributed by atoms with E-state index in [2.05, 4.69) is 5.32 Å². The van der Waals surface area contributed by atoms with Crippen molar-refractivity contribution in [2.24, 2.45) is 0 Å². The molecule has 114 valence electrons. The normalized spacial score (nSPS) is 18.7. The maximum atomic E-state index is 12.2. The van der Waals surface area contributed by atoms with Crippen molar-refractivity contribution in [3.63, 3.8) is 0 Å². The van der Waals surface area contributed by atoms with E-state index in [1.54, 1.807) is 31.2 Å². The minimum atomic E-state index is -1.18. The molecule has 1 saturated carbocycles. The van der Waals surface area contributed by atoms with Crippen LogP contribution in [0.25, 0.3) is 0 Å². The molecule has 2 N–H and O–H groups in total. The number of hydrogen-bond acceptors (Lipinski definition) is 2. The van der Waals surface area contributed by atoms with Crippen LogP contribution in [0.15, 0.2) is 30.3 Å². The van der Waals surface area contributed by atoms with Gasteiger partial charge in [0.25, 0.3) is 0 Å². The molecule has 0 radical (unpaired) electrons. The minimum Gasteiger partial charge on any atom is -0.481 e. The maximum Gasteiger partial charge on any atom is 0.314 e. The molecule has 0 unspecified atom stereocenters. The lowest BCUT2D eigenvalue weighted by atomic mass is 9.79. The van der Waals surface area contributed by atoms with Gasteiger partial charge in [-0.3, -0.25) is 9.59 Å². The average molecular weight is 289 g/mol. The Morgan fingerprint density at radius 1 is 1.19 bits per heavy atom. The summed E-state index contributed by atoms with van der Waals surface area (Å²) in [6, 6.07) is 9.18. The van der Waals surface area contributed by atoms with Crippen LogP contribution in [0, 0.1) is 0 Å². The number of nitrogens with one attached hydrogen (secondary N) is 1. The Morgan fingerprint density at radius 3 is 2.38 bits per heavy atom. The minimum absolute atomic E-state index is 0.0250. The Balaban J connectivity index is 2.05. The smallest absolute Gasteiger partial charge is 0.314 e. The van der Waals surface area contributed by atoms with E-state index in [4.69, 9.17) is 0 Å². The average Bonchev–Trinajstić information content (AvgIpc) is 2.48. The van der Waals surface area contributed by atoms with Crippen LogP contribution in [0.2, 0.25) is 0 Å². The topological polar surface area (TPSA) is 66.4 Å². The van der Waals surface area contributed by atoms with Gasteiger partial charge in [0.15, 0.2) is 0 Å². The zero-order valence-electron chi connectivity index (χ0n) is 12.5. The van der Waals surface area contributed by atoms with Crippen LogP contribution in [0.1, 0.15) is 51.0 Å². The first-order chi connectivity index (χ1) is 10.0. The molecule has 2 rings (SSSR count). The molecule has 0 aliphatic heterocycles. The van der Waals surface area contributed by atoms with Crippen molar-refractivity contribution in [1.29, 1.82) is 0 Å². The van der Waals surface area contributed by atoms with E-state index in [9.17, 15) is 14.7 Å². The van der Waals surface area contributed by atoms with Gasteiger partial charge < -0.3 is 10.4 Å². The number of amides is 1.